The maximum Gasteiger partial charge on any atom is 0.273 e. The summed E-state index contributed by atoms with van der Waals surface area (Å²) in [5.74, 6) is 0.510. The average Bonchev–Trinajstić information content (AvgIpc) is 2.69. The summed E-state index contributed by atoms with van der Waals surface area (Å²) in [5.41, 5.74) is 0.290. The van der Waals surface area contributed by atoms with Crippen LogP contribution in [0.25, 0.3) is 0 Å². The van der Waals surface area contributed by atoms with Crippen LogP contribution in [0.1, 0.15) is 24.3 Å². The molecule has 1 N–H and O–H groups in total. The van der Waals surface area contributed by atoms with E-state index in [0.29, 0.717) is 11.6 Å². The number of nitrogens with zero attached hydrogens (tertiary/aromatic N) is 1. The number of rotatable bonds is 4. The first kappa shape index (κ1) is 11.0. The number of halogens is 1. The minimum Gasteiger partial charge on any atom is -0.364 e. The van der Waals surface area contributed by atoms with Crippen molar-refractivity contribution < 1.29 is 9.32 Å². The lowest BCUT2D eigenvalue weighted by Gasteiger charge is -2.18. The van der Waals surface area contributed by atoms with Crippen molar-refractivity contribution in [2.75, 3.05) is 5.88 Å². The number of nitrogens with one attached hydrogen (secondary N) is 1. The monoisotopic (exact) mass is 216 g/mol. The van der Waals surface area contributed by atoms with Gasteiger partial charge in [0.1, 0.15) is 6.26 Å². The van der Waals surface area contributed by atoms with Crippen LogP contribution in [0, 0.1) is 5.92 Å². The molecule has 0 fully saturated rings. The number of amides is 1. The van der Waals surface area contributed by atoms with E-state index >= 15 is 0 Å². The number of carbonyl (C=O) groups excluding carboxylic acids is 1. The lowest BCUT2D eigenvalue weighted by molar-refractivity contribution is 0.0922. The molecule has 78 valence electrons. The third kappa shape index (κ3) is 2.73. The summed E-state index contributed by atoms with van der Waals surface area (Å²) in [4.78, 5) is 11.5. The summed E-state index contributed by atoms with van der Waals surface area (Å²) in [5, 5.41) is 6.32. The van der Waals surface area contributed by atoms with E-state index in [1.54, 1.807) is 0 Å². The molecule has 2 unspecified atom stereocenters. The molecule has 0 aliphatic heterocycles. The van der Waals surface area contributed by atoms with Gasteiger partial charge in [-0.1, -0.05) is 12.1 Å². The number of alkyl halides is 1. The second kappa shape index (κ2) is 5.00. The molecule has 1 rings (SSSR count). The third-order valence-electron chi connectivity index (χ3n) is 2.13. The molecule has 0 aliphatic carbocycles. The van der Waals surface area contributed by atoms with Crippen LogP contribution >= 0.6 is 11.6 Å². The molecule has 1 amide bonds. The Labute approximate surface area is 87.6 Å². The highest BCUT2D eigenvalue weighted by atomic mass is 35.5. The molecule has 0 saturated carbocycles. The van der Waals surface area contributed by atoms with Gasteiger partial charge in [-0.2, -0.15) is 0 Å². The molecule has 0 spiro atoms. The minimum absolute atomic E-state index is 0.0247. The molecule has 14 heavy (non-hydrogen) atoms. The van der Waals surface area contributed by atoms with Crippen molar-refractivity contribution in [2.45, 2.75) is 19.9 Å². The van der Waals surface area contributed by atoms with Gasteiger partial charge in [-0.3, -0.25) is 4.79 Å². The van der Waals surface area contributed by atoms with Gasteiger partial charge in [-0.05, 0) is 12.8 Å². The predicted molar refractivity (Wildman–Crippen MR) is 53.3 cm³/mol. The highest BCUT2D eigenvalue weighted by Crippen LogP contribution is 2.05. The summed E-state index contributed by atoms with van der Waals surface area (Å²) in [6.45, 7) is 3.88. The van der Waals surface area contributed by atoms with Crippen LogP contribution in [0.4, 0.5) is 0 Å². The Balaban J connectivity index is 2.49. The van der Waals surface area contributed by atoms with E-state index < -0.39 is 0 Å². The van der Waals surface area contributed by atoms with Gasteiger partial charge in [-0.25, -0.2) is 0 Å². The minimum atomic E-state index is -0.233. The smallest absolute Gasteiger partial charge is 0.273 e. The highest BCUT2D eigenvalue weighted by molar-refractivity contribution is 6.18. The molecule has 0 bridgehead atoms. The number of hydrogen-bond acceptors (Lipinski definition) is 3. The second-order valence-corrected chi connectivity index (χ2v) is 3.59. The van der Waals surface area contributed by atoms with Crippen LogP contribution < -0.4 is 5.32 Å². The van der Waals surface area contributed by atoms with E-state index in [4.69, 9.17) is 11.6 Å². The SMILES string of the molecule is CC(CCl)C(C)NC(=O)c1ccon1. The van der Waals surface area contributed by atoms with Crippen molar-refractivity contribution in [1.82, 2.24) is 10.5 Å². The molecule has 5 heteroatoms. The van der Waals surface area contributed by atoms with Crippen LogP contribution in [0.15, 0.2) is 16.9 Å². The normalized spacial score (nSPS) is 14.8. The van der Waals surface area contributed by atoms with Crippen LogP contribution in [-0.2, 0) is 0 Å². The molecule has 2 atom stereocenters. The summed E-state index contributed by atoms with van der Waals surface area (Å²) in [6, 6.07) is 1.55. The third-order valence-corrected chi connectivity index (χ3v) is 2.61. The number of carbonyl (C=O) groups is 1. The van der Waals surface area contributed by atoms with Gasteiger partial charge in [0.2, 0.25) is 0 Å². The van der Waals surface area contributed by atoms with Gasteiger partial charge in [-0.15, -0.1) is 11.6 Å². The first-order valence-corrected chi connectivity index (χ1v) is 4.95. The maximum atomic E-state index is 11.5. The zero-order valence-corrected chi connectivity index (χ0v) is 8.91. The van der Waals surface area contributed by atoms with Crippen molar-refractivity contribution >= 4 is 17.5 Å². The Morgan fingerprint density at radius 3 is 2.93 bits per heavy atom. The van der Waals surface area contributed by atoms with E-state index in [1.807, 2.05) is 13.8 Å². The average molecular weight is 217 g/mol. The van der Waals surface area contributed by atoms with E-state index in [0.717, 1.165) is 0 Å². The highest BCUT2D eigenvalue weighted by Gasteiger charge is 2.16. The fraction of sp³-hybridized carbons (Fsp3) is 0.556. The van der Waals surface area contributed by atoms with Crippen molar-refractivity contribution in [3.63, 3.8) is 0 Å². The number of aromatic nitrogens is 1. The largest absolute Gasteiger partial charge is 0.364 e. The Morgan fingerprint density at radius 1 is 1.71 bits per heavy atom. The van der Waals surface area contributed by atoms with Gasteiger partial charge in [0.25, 0.3) is 5.91 Å². The summed E-state index contributed by atoms with van der Waals surface area (Å²) in [7, 11) is 0. The molecule has 1 heterocycles. The van der Waals surface area contributed by atoms with Gasteiger partial charge < -0.3 is 9.84 Å². The molecule has 0 aromatic carbocycles. The Bertz CT molecular complexity index is 287. The molecule has 1 aromatic heterocycles. The maximum absolute atomic E-state index is 11.5. The fourth-order valence-corrected chi connectivity index (χ4v) is 1.15. The summed E-state index contributed by atoms with van der Waals surface area (Å²) >= 11 is 5.67. The molecule has 4 nitrogen and oxygen atoms in total. The van der Waals surface area contributed by atoms with Crippen molar-refractivity contribution in [2.24, 2.45) is 5.92 Å². The van der Waals surface area contributed by atoms with Gasteiger partial charge >= 0.3 is 0 Å². The Hall–Kier alpha value is -1.03. The van der Waals surface area contributed by atoms with Crippen LogP contribution in [0.2, 0.25) is 0 Å². The summed E-state index contributed by atoms with van der Waals surface area (Å²) < 4.78 is 4.57. The van der Waals surface area contributed by atoms with E-state index in [9.17, 15) is 4.79 Å². The zero-order valence-electron chi connectivity index (χ0n) is 8.16. The van der Waals surface area contributed by atoms with Crippen molar-refractivity contribution in [3.8, 4) is 0 Å². The van der Waals surface area contributed by atoms with Crippen LogP contribution in [0.3, 0.4) is 0 Å². The quantitative estimate of drug-likeness (QED) is 0.779. The van der Waals surface area contributed by atoms with Gasteiger partial charge in [0, 0.05) is 18.0 Å². The van der Waals surface area contributed by atoms with Crippen molar-refractivity contribution in [3.05, 3.63) is 18.0 Å². The lowest BCUT2D eigenvalue weighted by atomic mass is 10.1. The molecular formula is C9H13ClN2O2. The zero-order chi connectivity index (χ0) is 10.6. The molecular weight excluding hydrogens is 204 g/mol. The van der Waals surface area contributed by atoms with Gasteiger partial charge in [0.15, 0.2) is 5.69 Å². The number of hydrogen-bond donors (Lipinski definition) is 1. The van der Waals surface area contributed by atoms with Crippen LogP contribution in [0.5, 0.6) is 0 Å². The fourth-order valence-electron chi connectivity index (χ4n) is 0.886. The Morgan fingerprint density at radius 2 is 2.43 bits per heavy atom. The molecule has 0 aliphatic rings. The lowest BCUT2D eigenvalue weighted by Crippen LogP contribution is -2.37. The Kier molecular flexibility index (Phi) is 3.95. The van der Waals surface area contributed by atoms with E-state index in [-0.39, 0.29) is 17.9 Å². The second-order valence-electron chi connectivity index (χ2n) is 3.28. The predicted octanol–water partition coefficient (Wildman–Crippen LogP) is 1.67. The standard InChI is InChI=1S/C9H13ClN2O2/c1-6(5-10)7(2)11-9(13)8-3-4-14-12-8/h3-4,6-7H,5H2,1-2H3,(H,11,13). The van der Waals surface area contributed by atoms with E-state index in [2.05, 4.69) is 15.0 Å². The van der Waals surface area contributed by atoms with Crippen LogP contribution in [-0.4, -0.2) is 23.0 Å². The first-order chi connectivity index (χ1) is 6.65. The topological polar surface area (TPSA) is 55.1 Å². The first-order valence-electron chi connectivity index (χ1n) is 4.42. The molecule has 1 aromatic rings. The molecule has 0 radical (unpaired) electrons. The summed E-state index contributed by atoms with van der Waals surface area (Å²) in [6.07, 6.45) is 1.37. The van der Waals surface area contributed by atoms with Gasteiger partial charge in [0.05, 0.1) is 0 Å². The molecule has 0 saturated heterocycles. The van der Waals surface area contributed by atoms with Crippen molar-refractivity contribution in [1.29, 1.82) is 0 Å². The van der Waals surface area contributed by atoms with E-state index in [1.165, 1.54) is 12.3 Å².